The first-order valence-corrected chi connectivity index (χ1v) is 9.07. The fourth-order valence-electron chi connectivity index (χ4n) is 1.58. The molecule has 2 rings (SSSR count). The predicted octanol–water partition coefficient (Wildman–Crippen LogP) is 0.852. The number of nitrogens with zero attached hydrogens (tertiary/aromatic N) is 1. The lowest BCUT2D eigenvalue weighted by Gasteiger charge is -2.13. The van der Waals surface area contributed by atoms with Gasteiger partial charge in [-0.15, -0.1) is 0 Å². The van der Waals surface area contributed by atoms with Crippen molar-refractivity contribution in [3.63, 3.8) is 0 Å². The minimum atomic E-state index is -3.61. The van der Waals surface area contributed by atoms with Crippen molar-refractivity contribution in [1.82, 2.24) is 4.31 Å². The summed E-state index contributed by atoms with van der Waals surface area (Å²) in [5.74, 6) is -0.452. The third-order valence-corrected chi connectivity index (χ3v) is 6.06. The Balaban J connectivity index is 2.09. The lowest BCUT2D eigenvalue weighted by atomic mass is 10.2. The first-order valence-electron chi connectivity index (χ1n) is 6.25. The predicted molar refractivity (Wildman–Crippen MR) is 81.3 cm³/mol. The van der Waals surface area contributed by atoms with Crippen molar-refractivity contribution in [3.8, 4) is 0 Å². The van der Waals surface area contributed by atoms with Crippen LogP contribution in [0, 0.1) is 6.92 Å². The van der Waals surface area contributed by atoms with E-state index >= 15 is 0 Å². The number of hydrogen-bond donors (Lipinski definition) is 1. The van der Waals surface area contributed by atoms with Crippen molar-refractivity contribution < 1.29 is 17.4 Å². The van der Waals surface area contributed by atoms with Crippen molar-refractivity contribution >= 4 is 27.2 Å². The third kappa shape index (κ3) is 3.58. The highest BCUT2D eigenvalue weighted by atomic mass is 32.2. The largest absolute Gasteiger partial charge is 0.381 e. The molecule has 2 atom stereocenters. The van der Waals surface area contributed by atoms with Crippen LogP contribution in [0.25, 0.3) is 0 Å². The van der Waals surface area contributed by atoms with E-state index in [4.69, 9.17) is 9.92 Å². The average molecular weight is 329 g/mol. The first-order chi connectivity index (χ1) is 9.80. The van der Waals surface area contributed by atoms with E-state index < -0.39 is 33.2 Å². The lowest BCUT2D eigenvalue weighted by molar-refractivity contribution is -0.134. The van der Waals surface area contributed by atoms with E-state index in [2.05, 4.69) is 0 Å². The molecular formula is C13H17N2O4S2+. The monoisotopic (exact) mass is 329 g/mol. The van der Waals surface area contributed by atoms with Gasteiger partial charge >= 0.3 is 5.97 Å². The molecule has 114 valence electrons. The van der Waals surface area contributed by atoms with E-state index in [-0.39, 0.29) is 10.8 Å². The Bertz CT molecular complexity index is 653. The van der Waals surface area contributed by atoms with Crippen molar-refractivity contribution in [2.45, 2.75) is 24.8 Å². The summed E-state index contributed by atoms with van der Waals surface area (Å²) in [6.45, 7) is 3.41. The van der Waals surface area contributed by atoms with Crippen LogP contribution in [0.5, 0.6) is 0 Å². The maximum absolute atomic E-state index is 12.4. The minimum absolute atomic E-state index is 0.0919. The van der Waals surface area contributed by atoms with Crippen molar-refractivity contribution in [2.24, 2.45) is 5.73 Å². The van der Waals surface area contributed by atoms with E-state index in [0.29, 0.717) is 0 Å². The second-order valence-corrected chi connectivity index (χ2v) is 8.04. The summed E-state index contributed by atoms with van der Waals surface area (Å²) in [5.41, 5.74) is 6.40. The van der Waals surface area contributed by atoms with E-state index in [1.54, 1.807) is 29.7 Å². The summed E-state index contributed by atoms with van der Waals surface area (Å²) in [7, 11) is -3.61. The molecule has 0 radical (unpaired) electrons. The Morgan fingerprint density at radius 2 is 2.00 bits per heavy atom. The highest BCUT2D eigenvalue weighted by Gasteiger charge is 2.38. The lowest BCUT2D eigenvalue weighted by Crippen LogP contribution is -2.33. The second-order valence-electron chi connectivity index (χ2n) is 4.69. The van der Waals surface area contributed by atoms with Gasteiger partial charge in [0.25, 0.3) is 21.2 Å². The molecule has 0 fully saturated rings. The van der Waals surface area contributed by atoms with Crippen molar-refractivity contribution in [2.75, 3.05) is 5.88 Å². The highest BCUT2D eigenvalue weighted by molar-refractivity contribution is 7.97. The standard InChI is InChI=1S/C13H17N2O4S2/c1-10-3-5-12(6-4-10)21(17,18)15-7-8-20(9-15)19-13(16)11(2)14/h3-8,11H,9,14H2,1-2H3/q+1/t11-,20?/m0/s1. The third-order valence-electron chi connectivity index (χ3n) is 2.82. The van der Waals surface area contributed by atoms with Crippen LogP contribution >= 0.6 is 0 Å². The molecule has 0 saturated carbocycles. The van der Waals surface area contributed by atoms with Gasteiger partial charge in [0.1, 0.15) is 6.04 Å². The number of carbonyl (C=O) groups is 1. The summed E-state index contributed by atoms with van der Waals surface area (Å²) in [5, 5.41) is 1.56. The van der Waals surface area contributed by atoms with Gasteiger partial charge in [-0.25, -0.2) is 21.7 Å². The number of hydrogen-bond acceptors (Lipinski definition) is 5. The van der Waals surface area contributed by atoms with Crippen LogP contribution in [0.4, 0.5) is 0 Å². The molecule has 1 aromatic rings. The van der Waals surface area contributed by atoms with Crippen LogP contribution < -0.4 is 5.73 Å². The summed E-state index contributed by atoms with van der Waals surface area (Å²) in [6.07, 6.45) is 1.42. The van der Waals surface area contributed by atoms with Gasteiger partial charge in [0.15, 0.2) is 5.41 Å². The van der Waals surface area contributed by atoms with Gasteiger partial charge in [-0.1, -0.05) is 17.7 Å². The highest BCUT2D eigenvalue weighted by Crippen LogP contribution is 2.23. The zero-order chi connectivity index (χ0) is 15.6. The summed E-state index contributed by atoms with van der Waals surface area (Å²) >= 11 is -0.896. The number of rotatable bonds is 4. The first kappa shape index (κ1) is 15.9. The fraction of sp³-hybridized carbons (Fsp3) is 0.308. The van der Waals surface area contributed by atoms with Gasteiger partial charge in [-0.3, -0.25) is 0 Å². The molecule has 1 heterocycles. The number of sulfonamides is 1. The molecule has 6 nitrogen and oxygen atoms in total. The van der Waals surface area contributed by atoms with Crippen LogP contribution in [-0.4, -0.2) is 30.6 Å². The SMILES string of the molecule is Cc1ccc(S(=O)(=O)N2C=C[S+](OC(=O)[C@H](C)N)C2)cc1. The molecule has 0 saturated heterocycles. The van der Waals surface area contributed by atoms with Gasteiger partial charge in [0.2, 0.25) is 5.88 Å². The van der Waals surface area contributed by atoms with Gasteiger partial charge < -0.3 is 5.73 Å². The Hall–Kier alpha value is -1.51. The molecule has 21 heavy (non-hydrogen) atoms. The Labute approximate surface area is 127 Å². The maximum Gasteiger partial charge on any atom is 0.381 e. The van der Waals surface area contributed by atoms with Crippen LogP contribution in [0.3, 0.4) is 0 Å². The van der Waals surface area contributed by atoms with Crippen molar-refractivity contribution in [1.29, 1.82) is 0 Å². The maximum atomic E-state index is 12.4. The van der Waals surface area contributed by atoms with E-state index in [1.807, 2.05) is 6.92 Å². The molecule has 1 aliphatic heterocycles. The molecule has 0 amide bonds. The Morgan fingerprint density at radius 1 is 1.38 bits per heavy atom. The number of nitrogens with two attached hydrogens (primary N) is 1. The topological polar surface area (TPSA) is 89.7 Å². The van der Waals surface area contributed by atoms with E-state index in [0.717, 1.165) is 5.56 Å². The van der Waals surface area contributed by atoms with Gasteiger partial charge in [0.05, 0.1) is 11.1 Å². The van der Waals surface area contributed by atoms with E-state index in [1.165, 1.54) is 17.4 Å². The smallest absolute Gasteiger partial charge is 0.318 e. The molecule has 0 aromatic heterocycles. The molecular weight excluding hydrogens is 312 g/mol. The molecule has 1 aromatic carbocycles. The molecule has 8 heteroatoms. The number of carbonyl (C=O) groups excluding carboxylic acids is 1. The quantitative estimate of drug-likeness (QED) is 0.827. The van der Waals surface area contributed by atoms with Crippen LogP contribution in [0.15, 0.2) is 40.8 Å². The van der Waals surface area contributed by atoms with Gasteiger partial charge in [0, 0.05) is 0 Å². The van der Waals surface area contributed by atoms with E-state index in [9.17, 15) is 13.2 Å². The molecule has 1 unspecified atom stereocenters. The van der Waals surface area contributed by atoms with Gasteiger partial charge in [-0.05, 0) is 26.0 Å². The van der Waals surface area contributed by atoms with Crippen LogP contribution in [0.2, 0.25) is 0 Å². The molecule has 0 spiro atoms. The molecule has 2 N–H and O–H groups in total. The molecule has 1 aliphatic rings. The number of aryl methyl sites for hydroxylation is 1. The minimum Gasteiger partial charge on any atom is -0.318 e. The van der Waals surface area contributed by atoms with Crippen LogP contribution in [-0.2, 0) is 30.2 Å². The molecule has 0 aliphatic carbocycles. The number of benzene rings is 1. The van der Waals surface area contributed by atoms with Gasteiger partial charge in [-0.2, -0.15) is 0 Å². The zero-order valence-electron chi connectivity index (χ0n) is 11.7. The summed E-state index contributed by atoms with van der Waals surface area (Å²) in [4.78, 5) is 11.6. The molecule has 0 bridgehead atoms. The normalized spacial score (nSPS) is 19.6. The second kappa shape index (κ2) is 6.08. The fourth-order valence-corrected chi connectivity index (χ4v) is 4.67. The van der Waals surface area contributed by atoms with Crippen molar-refractivity contribution in [3.05, 3.63) is 41.4 Å². The summed E-state index contributed by atoms with van der Waals surface area (Å²) < 4.78 is 31.1. The zero-order valence-corrected chi connectivity index (χ0v) is 13.4. The van der Waals surface area contributed by atoms with Crippen LogP contribution in [0.1, 0.15) is 12.5 Å². The Morgan fingerprint density at radius 3 is 2.57 bits per heavy atom. The summed E-state index contributed by atoms with van der Waals surface area (Å²) in [6, 6.07) is 5.87. The average Bonchev–Trinajstić information content (AvgIpc) is 2.88. The Kier molecular flexibility index (Phi) is 4.60.